The van der Waals surface area contributed by atoms with Crippen molar-refractivity contribution in [2.75, 3.05) is 6.26 Å². The molecule has 0 fully saturated rings. The van der Waals surface area contributed by atoms with Crippen molar-refractivity contribution in [2.45, 2.75) is 13.0 Å². The molecule has 2 heterocycles. The number of sulfonamides is 1. The molecule has 3 N–H and O–H groups in total. The normalized spacial score (nSPS) is 13.2. The van der Waals surface area contributed by atoms with E-state index in [0.717, 1.165) is 28.2 Å². The second kappa shape index (κ2) is 6.73. The number of fused-ring (bicyclic) bond motifs is 3. The molecule has 0 saturated heterocycles. The third kappa shape index (κ3) is 3.30. The van der Waals surface area contributed by atoms with Crippen LogP contribution in [0, 0.1) is 0 Å². The number of aromatic hydroxyl groups is 1. The first-order valence-corrected chi connectivity index (χ1v) is 11.3. The Bertz CT molecular complexity index is 1350. The molecule has 4 rings (SSSR count). The minimum Gasteiger partial charge on any atom is -0.507 e. The molecule has 4 aromatic rings. The van der Waals surface area contributed by atoms with Crippen molar-refractivity contribution in [3.8, 4) is 16.9 Å². The quantitative estimate of drug-likeness (QED) is 0.474. The lowest BCUT2D eigenvalue weighted by Gasteiger charge is -2.14. The second-order valence-corrected chi connectivity index (χ2v) is 9.43. The molecule has 1 atom stereocenters. The van der Waals surface area contributed by atoms with Crippen LogP contribution in [-0.4, -0.2) is 24.8 Å². The maximum absolute atomic E-state index is 12.3. The van der Waals surface area contributed by atoms with Crippen LogP contribution in [0.15, 0.2) is 52.6 Å². The lowest BCUT2D eigenvalue weighted by atomic mass is 9.96. The van der Waals surface area contributed by atoms with E-state index in [1.165, 1.54) is 11.3 Å². The molecular weight excluding hydrogens is 396 g/mol. The molecule has 6 nitrogen and oxygen atoms in total. The summed E-state index contributed by atoms with van der Waals surface area (Å²) < 4.78 is 26.1. The van der Waals surface area contributed by atoms with E-state index in [1.807, 2.05) is 35.7 Å². The first-order valence-electron chi connectivity index (χ1n) is 8.57. The Kier molecular flexibility index (Phi) is 4.49. The molecule has 0 amide bonds. The average Bonchev–Trinajstić information content (AvgIpc) is 3.11. The minimum absolute atomic E-state index is 0.113. The predicted molar refractivity (Wildman–Crippen MR) is 113 cm³/mol. The summed E-state index contributed by atoms with van der Waals surface area (Å²) in [6, 6.07) is 12.1. The van der Waals surface area contributed by atoms with Gasteiger partial charge in [-0.15, -0.1) is 11.3 Å². The fourth-order valence-electron chi connectivity index (χ4n) is 3.46. The van der Waals surface area contributed by atoms with Crippen LogP contribution >= 0.6 is 11.3 Å². The third-order valence-corrected chi connectivity index (χ3v) is 6.36. The summed E-state index contributed by atoms with van der Waals surface area (Å²) in [5.41, 5.74) is 2.72. The van der Waals surface area contributed by atoms with Gasteiger partial charge in [0.25, 0.3) is 5.56 Å². The van der Waals surface area contributed by atoms with Gasteiger partial charge in [-0.1, -0.05) is 24.3 Å². The van der Waals surface area contributed by atoms with Crippen LogP contribution in [0.2, 0.25) is 0 Å². The van der Waals surface area contributed by atoms with Crippen LogP contribution in [0.4, 0.5) is 0 Å². The van der Waals surface area contributed by atoms with Crippen molar-refractivity contribution in [1.82, 2.24) is 9.71 Å². The number of benzene rings is 2. The highest BCUT2D eigenvalue weighted by Crippen LogP contribution is 2.39. The molecular formula is C20H18N2O4S2. The number of phenols is 1. The highest BCUT2D eigenvalue weighted by atomic mass is 32.2. The number of aromatic nitrogens is 1. The topological polar surface area (TPSA) is 99.3 Å². The van der Waals surface area contributed by atoms with Gasteiger partial charge in [0.2, 0.25) is 10.0 Å². The van der Waals surface area contributed by atoms with Gasteiger partial charge in [-0.3, -0.25) is 4.79 Å². The van der Waals surface area contributed by atoms with Gasteiger partial charge in [0.05, 0.1) is 6.26 Å². The van der Waals surface area contributed by atoms with Crippen molar-refractivity contribution < 1.29 is 13.5 Å². The van der Waals surface area contributed by atoms with E-state index >= 15 is 0 Å². The molecule has 8 heteroatoms. The lowest BCUT2D eigenvalue weighted by molar-refractivity contribution is 0.478. The first kappa shape index (κ1) is 18.7. The van der Waals surface area contributed by atoms with E-state index in [1.54, 1.807) is 19.1 Å². The molecule has 28 heavy (non-hydrogen) atoms. The van der Waals surface area contributed by atoms with Crippen LogP contribution in [0.25, 0.3) is 32.1 Å². The van der Waals surface area contributed by atoms with E-state index in [4.69, 9.17) is 0 Å². The van der Waals surface area contributed by atoms with Gasteiger partial charge in [-0.25, -0.2) is 13.1 Å². The molecule has 0 spiro atoms. The highest BCUT2D eigenvalue weighted by molar-refractivity contribution is 7.88. The standard InChI is InChI=1S/C20H18N2O4S2/c1-11(22-28(2,25)26)12-3-5-13(6-4-12)17-16(23)8-7-15-18(17)14-9-10-27-19(14)20(24)21-15/h3-11,22-23H,1-2H3,(H,21,24). The molecule has 1 unspecified atom stereocenters. The lowest BCUT2D eigenvalue weighted by Crippen LogP contribution is -2.25. The number of nitrogens with one attached hydrogen (secondary N) is 2. The minimum atomic E-state index is -3.31. The summed E-state index contributed by atoms with van der Waals surface area (Å²) >= 11 is 1.36. The fraction of sp³-hybridized carbons (Fsp3) is 0.150. The Balaban J connectivity index is 1.89. The SMILES string of the molecule is CC(NS(C)(=O)=O)c1ccc(-c2c(O)ccc3[nH]c(=O)c4sccc4c23)cc1. The van der Waals surface area contributed by atoms with Crippen molar-refractivity contribution in [3.05, 3.63) is 63.8 Å². The smallest absolute Gasteiger partial charge is 0.266 e. The maximum atomic E-state index is 12.3. The Hall–Kier alpha value is -2.68. The van der Waals surface area contributed by atoms with E-state index in [0.29, 0.717) is 15.8 Å². The van der Waals surface area contributed by atoms with Crippen LogP contribution in [0.1, 0.15) is 18.5 Å². The molecule has 0 aliphatic rings. The van der Waals surface area contributed by atoms with Gasteiger partial charge in [0.15, 0.2) is 0 Å². The summed E-state index contributed by atoms with van der Waals surface area (Å²) in [6.07, 6.45) is 1.12. The Labute approximate surface area is 165 Å². The summed E-state index contributed by atoms with van der Waals surface area (Å²) in [4.78, 5) is 15.1. The van der Waals surface area contributed by atoms with Gasteiger partial charge < -0.3 is 10.1 Å². The Morgan fingerprint density at radius 3 is 2.50 bits per heavy atom. The molecule has 2 aromatic carbocycles. The monoisotopic (exact) mass is 414 g/mol. The molecule has 0 aliphatic carbocycles. The fourth-order valence-corrected chi connectivity index (χ4v) is 5.03. The first-order chi connectivity index (χ1) is 13.2. The van der Waals surface area contributed by atoms with Gasteiger partial charge in [-0.2, -0.15) is 0 Å². The largest absolute Gasteiger partial charge is 0.507 e. The number of rotatable bonds is 4. The molecule has 0 bridgehead atoms. The number of hydrogen-bond donors (Lipinski definition) is 3. The molecule has 0 aliphatic heterocycles. The average molecular weight is 415 g/mol. The predicted octanol–water partition coefficient (Wildman–Crippen LogP) is 3.73. The van der Waals surface area contributed by atoms with Crippen molar-refractivity contribution in [1.29, 1.82) is 0 Å². The summed E-state index contributed by atoms with van der Waals surface area (Å²) in [6.45, 7) is 1.77. The molecule has 0 saturated carbocycles. The molecule has 0 radical (unpaired) electrons. The second-order valence-electron chi connectivity index (χ2n) is 6.73. The summed E-state index contributed by atoms with van der Waals surface area (Å²) in [7, 11) is -3.31. The van der Waals surface area contributed by atoms with E-state index < -0.39 is 10.0 Å². The highest BCUT2D eigenvalue weighted by Gasteiger charge is 2.16. The van der Waals surface area contributed by atoms with Crippen molar-refractivity contribution >= 4 is 42.3 Å². The van der Waals surface area contributed by atoms with E-state index in [2.05, 4.69) is 9.71 Å². The van der Waals surface area contributed by atoms with Gasteiger partial charge in [0.1, 0.15) is 10.4 Å². The van der Waals surface area contributed by atoms with Crippen LogP contribution in [0.3, 0.4) is 0 Å². The van der Waals surface area contributed by atoms with E-state index in [9.17, 15) is 18.3 Å². The number of pyridine rings is 1. The van der Waals surface area contributed by atoms with Gasteiger partial charge in [0, 0.05) is 27.9 Å². The zero-order chi connectivity index (χ0) is 20.1. The number of hydrogen-bond acceptors (Lipinski definition) is 5. The number of phenolic OH excluding ortho intramolecular Hbond substituents is 1. The molecule has 144 valence electrons. The molecule has 2 aromatic heterocycles. The van der Waals surface area contributed by atoms with Crippen LogP contribution in [-0.2, 0) is 10.0 Å². The van der Waals surface area contributed by atoms with Crippen molar-refractivity contribution in [2.24, 2.45) is 0 Å². The zero-order valence-corrected chi connectivity index (χ0v) is 16.8. The van der Waals surface area contributed by atoms with E-state index in [-0.39, 0.29) is 17.4 Å². The van der Waals surface area contributed by atoms with Crippen LogP contribution < -0.4 is 10.3 Å². The number of thiophene rings is 1. The summed E-state index contributed by atoms with van der Waals surface area (Å²) in [5, 5.41) is 14.0. The summed E-state index contributed by atoms with van der Waals surface area (Å²) in [5.74, 6) is 0.113. The van der Waals surface area contributed by atoms with Crippen LogP contribution in [0.5, 0.6) is 5.75 Å². The Morgan fingerprint density at radius 1 is 1.11 bits per heavy atom. The number of H-pyrrole nitrogens is 1. The van der Waals surface area contributed by atoms with Gasteiger partial charge >= 0.3 is 0 Å². The zero-order valence-electron chi connectivity index (χ0n) is 15.2. The third-order valence-electron chi connectivity index (χ3n) is 4.66. The maximum Gasteiger partial charge on any atom is 0.266 e. The Morgan fingerprint density at radius 2 is 1.82 bits per heavy atom. The van der Waals surface area contributed by atoms with Crippen molar-refractivity contribution in [3.63, 3.8) is 0 Å². The number of aromatic amines is 1. The van der Waals surface area contributed by atoms with Gasteiger partial charge in [-0.05, 0) is 41.6 Å².